The number of hydrogen-bond acceptors (Lipinski definition) is 1. The molecule has 2 nitrogen and oxygen atoms in total. The topological polar surface area (TPSA) is 8.17 Å². The van der Waals surface area contributed by atoms with E-state index < -0.39 is 0 Å². The number of anilines is 3. The fourth-order valence-electron chi connectivity index (χ4n) is 10.3. The predicted molar refractivity (Wildman–Crippen MR) is 267 cm³/mol. The smallest absolute Gasteiger partial charge is 0.0541 e. The van der Waals surface area contributed by atoms with Crippen molar-refractivity contribution in [2.24, 2.45) is 0 Å². The number of fused-ring (bicyclic) bond motifs is 7. The highest BCUT2D eigenvalue weighted by Gasteiger charge is 2.35. The van der Waals surface area contributed by atoms with Gasteiger partial charge >= 0.3 is 0 Å². The molecule has 63 heavy (non-hydrogen) atoms. The van der Waals surface area contributed by atoms with Crippen LogP contribution < -0.4 is 4.90 Å². The third-order valence-electron chi connectivity index (χ3n) is 13.4. The normalized spacial score (nSPS) is 12.7. The van der Waals surface area contributed by atoms with E-state index in [1.54, 1.807) is 0 Å². The second kappa shape index (κ2) is 14.6. The Bertz CT molecular complexity index is 3470. The Hall–Kier alpha value is -7.94. The van der Waals surface area contributed by atoms with E-state index in [0.717, 1.165) is 22.7 Å². The van der Waals surface area contributed by atoms with Crippen molar-refractivity contribution in [1.29, 1.82) is 0 Å². The monoisotopic (exact) mass is 804 g/mol. The minimum absolute atomic E-state index is 0.0531. The third kappa shape index (κ3) is 6.02. The molecule has 0 bridgehead atoms. The summed E-state index contributed by atoms with van der Waals surface area (Å²) in [6, 6.07) is 84.6. The summed E-state index contributed by atoms with van der Waals surface area (Å²) >= 11 is 0. The van der Waals surface area contributed by atoms with Crippen molar-refractivity contribution >= 4 is 49.6 Å². The Morgan fingerprint density at radius 1 is 0.349 bits per heavy atom. The molecule has 12 rings (SSSR count). The molecule has 0 amide bonds. The summed E-state index contributed by atoms with van der Waals surface area (Å²) in [7, 11) is 0. The molecule has 1 aromatic heterocycles. The molecule has 0 N–H and O–H groups in total. The Balaban J connectivity index is 0.957. The number of benzene rings is 10. The van der Waals surface area contributed by atoms with Gasteiger partial charge in [-0.3, -0.25) is 0 Å². The molecule has 0 saturated carbocycles. The first kappa shape index (κ1) is 36.9. The van der Waals surface area contributed by atoms with E-state index in [4.69, 9.17) is 0 Å². The average molecular weight is 805 g/mol. The molecule has 0 fully saturated rings. The standard InChI is InChI=1S/C61H44N2/c1-61(2)56-25-9-5-20-51(56)52-38-33-45(40-57(52)61)42-31-36-47(37-32-42)62(58-26-10-6-21-53(58)50-24-14-16-43-15-3-4-19-49(43)50)46-34-29-41(30-35-46)44-17-13-18-48(39-44)63-59-27-11-7-22-54(59)55-23-8-12-28-60(55)63/h3-40H,1-2H3. The Kier molecular flexibility index (Phi) is 8.55. The molecule has 0 atom stereocenters. The molecule has 298 valence electrons. The van der Waals surface area contributed by atoms with Crippen LogP contribution >= 0.6 is 0 Å². The van der Waals surface area contributed by atoms with Gasteiger partial charge in [0.15, 0.2) is 0 Å². The lowest BCUT2D eigenvalue weighted by Gasteiger charge is -2.28. The summed E-state index contributed by atoms with van der Waals surface area (Å²) < 4.78 is 2.39. The second-order valence-corrected chi connectivity index (χ2v) is 17.3. The predicted octanol–water partition coefficient (Wildman–Crippen LogP) is 16.7. The van der Waals surface area contributed by atoms with Gasteiger partial charge in [-0.2, -0.15) is 0 Å². The summed E-state index contributed by atoms with van der Waals surface area (Å²) in [4.78, 5) is 2.42. The zero-order chi connectivity index (χ0) is 42.1. The number of aromatic nitrogens is 1. The highest BCUT2D eigenvalue weighted by molar-refractivity contribution is 6.09. The number of nitrogens with zero attached hydrogens (tertiary/aromatic N) is 2. The van der Waals surface area contributed by atoms with Crippen molar-refractivity contribution in [1.82, 2.24) is 4.57 Å². The van der Waals surface area contributed by atoms with Gasteiger partial charge < -0.3 is 9.47 Å². The number of hydrogen-bond donors (Lipinski definition) is 0. The Morgan fingerprint density at radius 3 is 1.57 bits per heavy atom. The van der Waals surface area contributed by atoms with Crippen LogP contribution in [0.1, 0.15) is 25.0 Å². The van der Waals surface area contributed by atoms with Crippen molar-refractivity contribution in [2.75, 3.05) is 4.90 Å². The van der Waals surface area contributed by atoms with Gasteiger partial charge in [-0.15, -0.1) is 0 Å². The summed E-state index contributed by atoms with van der Waals surface area (Å²) in [6.45, 7) is 4.70. The lowest BCUT2D eigenvalue weighted by molar-refractivity contribution is 0.660. The van der Waals surface area contributed by atoms with Crippen LogP contribution in [0, 0.1) is 0 Å². The molecule has 10 aromatic carbocycles. The molecule has 0 saturated heterocycles. The number of rotatable bonds is 7. The molecule has 0 radical (unpaired) electrons. The minimum atomic E-state index is -0.0531. The molecular weight excluding hydrogens is 761 g/mol. The largest absolute Gasteiger partial charge is 0.310 e. The molecule has 1 aliphatic rings. The molecule has 0 aliphatic heterocycles. The van der Waals surface area contributed by atoms with Crippen LogP contribution in [-0.4, -0.2) is 4.57 Å². The highest BCUT2D eigenvalue weighted by Crippen LogP contribution is 2.50. The number of para-hydroxylation sites is 3. The molecule has 1 heterocycles. The fourth-order valence-corrected chi connectivity index (χ4v) is 10.3. The van der Waals surface area contributed by atoms with Gasteiger partial charge in [-0.05, 0) is 122 Å². The van der Waals surface area contributed by atoms with Crippen molar-refractivity contribution in [3.63, 3.8) is 0 Å². The van der Waals surface area contributed by atoms with E-state index in [0.29, 0.717) is 0 Å². The van der Waals surface area contributed by atoms with Crippen LogP contribution in [-0.2, 0) is 5.41 Å². The first-order chi connectivity index (χ1) is 31.0. The summed E-state index contributed by atoms with van der Waals surface area (Å²) in [5.41, 5.74) is 19.5. The minimum Gasteiger partial charge on any atom is -0.310 e. The van der Waals surface area contributed by atoms with Gasteiger partial charge in [0.25, 0.3) is 0 Å². The lowest BCUT2D eigenvalue weighted by Crippen LogP contribution is -2.14. The van der Waals surface area contributed by atoms with Gasteiger partial charge in [-0.25, -0.2) is 0 Å². The maximum atomic E-state index is 2.42. The molecule has 2 heteroatoms. The molecule has 0 spiro atoms. The van der Waals surface area contributed by atoms with Gasteiger partial charge in [-0.1, -0.05) is 184 Å². The zero-order valence-corrected chi connectivity index (χ0v) is 35.3. The van der Waals surface area contributed by atoms with E-state index in [-0.39, 0.29) is 5.41 Å². The first-order valence-electron chi connectivity index (χ1n) is 21.9. The molecule has 1 aliphatic carbocycles. The zero-order valence-electron chi connectivity index (χ0n) is 35.3. The average Bonchev–Trinajstić information content (AvgIpc) is 3.80. The van der Waals surface area contributed by atoms with E-state index >= 15 is 0 Å². The van der Waals surface area contributed by atoms with E-state index in [1.807, 2.05) is 0 Å². The maximum Gasteiger partial charge on any atom is 0.0541 e. The van der Waals surface area contributed by atoms with Crippen LogP contribution in [0.5, 0.6) is 0 Å². The molecule has 0 unspecified atom stereocenters. The fraction of sp³-hybridized carbons (Fsp3) is 0.0492. The second-order valence-electron chi connectivity index (χ2n) is 17.3. The van der Waals surface area contributed by atoms with Gasteiger partial charge in [0.05, 0.1) is 16.7 Å². The van der Waals surface area contributed by atoms with Crippen molar-refractivity contribution in [3.05, 3.63) is 242 Å². The van der Waals surface area contributed by atoms with Crippen molar-refractivity contribution in [2.45, 2.75) is 19.3 Å². The van der Waals surface area contributed by atoms with Crippen LogP contribution in [0.4, 0.5) is 17.1 Å². The SMILES string of the molecule is CC1(C)c2ccccc2-c2ccc(-c3ccc(N(c4ccc(-c5cccc(-n6c7ccccc7c7ccccc76)c5)cc4)c4ccccc4-c4cccc5ccccc45)cc3)cc21. The van der Waals surface area contributed by atoms with Gasteiger partial charge in [0.1, 0.15) is 0 Å². The Morgan fingerprint density at radius 2 is 0.857 bits per heavy atom. The van der Waals surface area contributed by atoms with Crippen LogP contribution in [0.3, 0.4) is 0 Å². The van der Waals surface area contributed by atoms with Gasteiger partial charge in [0.2, 0.25) is 0 Å². The molecular formula is C61H44N2. The highest BCUT2D eigenvalue weighted by atomic mass is 15.1. The first-order valence-corrected chi connectivity index (χ1v) is 21.9. The van der Waals surface area contributed by atoms with Gasteiger partial charge in [0, 0.05) is 38.8 Å². The van der Waals surface area contributed by atoms with E-state index in [2.05, 4.69) is 254 Å². The Labute approximate surface area is 368 Å². The maximum absolute atomic E-state index is 2.42. The van der Waals surface area contributed by atoms with E-state index in [1.165, 1.54) is 88.2 Å². The van der Waals surface area contributed by atoms with Crippen LogP contribution in [0.25, 0.3) is 82.8 Å². The quantitative estimate of drug-likeness (QED) is 0.156. The molecule has 11 aromatic rings. The lowest BCUT2D eigenvalue weighted by atomic mass is 9.81. The third-order valence-corrected chi connectivity index (χ3v) is 13.4. The van der Waals surface area contributed by atoms with Crippen molar-refractivity contribution in [3.8, 4) is 50.2 Å². The van der Waals surface area contributed by atoms with E-state index in [9.17, 15) is 0 Å². The summed E-state index contributed by atoms with van der Waals surface area (Å²) in [5.74, 6) is 0. The van der Waals surface area contributed by atoms with Crippen LogP contribution in [0.2, 0.25) is 0 Å². The summed E-state index contributed by atoms with van der Waals surface area (Å²) in [6.07, 6.45) is 0. The summed E-state index contributed by atoms with van der Waals surface area (Å²) in [5, 5.41) is 5.00. The van der Waals surface area contributed by atoms with Crippen LogP contribution in [0.15, 0.2) is 231 Å². The van der Waals surface area contributed by atoms with Crippen molar-refractivity contribution < 1.29 is 0 Å².